The molecule has 1 nitrogen and oxygen atoms in total. The summed E-state index contributed by atoms with van der Waals surface area (Å²) in [7, 11) is 1.26. The second kappa shape index (κ2) is 7.33. The first-order chi connectivity index (χ1) is 10.7. The fourth-order valence-electron chi connectivity index (χ4n) is 3.48. The van der Waals surface area contributed by atoms with Gasteiger partial charge in [-0.1, -0.05) is 77.5 Å². The third kappa shape index (κ3) is 6.25. The number of nitrogens with zero attached hydrogens (tertiary/aromatic N) is 1. The van der Waals surface area contributed by atoms with Crippen LogP contribution in [0.1, 0.15) is 16.7 Å². The van der Waals surface area contributed by atoms with Crippen LogP contribution in [0.25, 0.3) is 0 Å². The molecule has 23 heavy (non-hydrogen) atoms. The van der Waals surface area contributed by atoms with Gasteiger partial charge in [-0.3, -0.25) is 0 Å². The van der Waals surface area contributed by atoms with E-state index in [2.05, 4.69) is 98.1 Å². The highest BCUT2D eigenvalue weighted by atomic mass is 79.9. The molecule has 0 saturated heterocycles. The van der Waals surface area contributed by atoms with Gasteiger partial charge in [0.15, 0.2) is 0 Å². The minimum atomic E-state index is -1.16. The van der Waals surface area contributed by atoms with E-state index in [1.165, 1.54) is 22.9 Å². The summed E-state index contributed by atoms with van der Waals surface area (Å²) < 4.78 is 2.24. The van der Waals surface area contributed by atoms with E-state index < -0.39 is 8.07 Å². The monoisotopic (exact) mass is 390 g/mol. The molecule has 0 aliphatic rings. The van der Waals surface area contributed by atoms with E-state index in [1.807, 2.05) is 0 Å². The first kappa shape index (κ1) is 18.4. The Morgan fingerprint density at radius 2 is 1.26 bits per heavy atom. The van der Waals surface area contributed by atoms with Crippen LogP contribution in [-0.4, -0.2) is 25.8 Å². The molecular formula is C20H29BrNSi+. The van der Waals surface area contributed by atoms with Gasteiger partial charge in [-0.2, -0.15) is 0 Å². The van der Waals surface area contributed by atoms with Crippen molar-refractivity contribution in [3.63, 3.8) is 0 Å². The van der Waals surface area contributed by atoms with E-state index in [-0.39, 0.29) is 0 Å². The smallest absolute Gasteiger partial charge is 0.110 e. The van der Waals surface area contributed by atoms with E-state index in [0.717, 1.165) is 22.0 Å². The number of halogens is 1. The van der Waals surface area contributed by atoms with Crippen LogP contribution >= 0.6 is 15.9 Å². The largest absolute Gasteiger partial charge is 0.322 e. The molecule has 0 saturated carbocycles. The van der Waals surface area contributed by atoms with Gasteiger partial charge in [-0.05, 0) is 19.1 Å². The Labute approximate surface area is 151 Å². The van der Waals surface area contributed by atoms with Gasteiger partial charge in [0.05, 0.1) is 13.2 Å². The van der Waals surface area contributed by atoms with E-state index in [4.69, 9.17) is 0 Å². The highest BCUT2D eigenvalue weighted by Gasteiger charge is 2.30. The molecule has 0 heterocycles. The summed E-state index contributed by atoms with van der Waals surface area (Å²) >= 11 is 3.54. The Morgan fingerprint density at radius 3 is 1.70 bits per heavy atom. The maximum atomic E-state index is 3.54. The summed E-state index contributed by atoms with van der Waals surface area (Å²) in [5.74, 6) is 0. The number of hydrogen-bond acceptors (Lipinski definition) is 0. The standard InChI is InChI=1S/C20H29BrNSi/c1-17-6-8-18(9-7-17)14-22(2,16-23(3,4)5)15-19-10-12-20(21)13-11-19/h6-13H,14-16H2,1-5H3/q+1. The maximum Gasteiger partial charge on any atom is 0.110 e. The third-order valence-electron chi connectivity index (χ3n) is 4.02. The van der Waals surface area contributed by atoms with E-state index in [1.54, 1.807) is 0 Å². The molecule has 0 aliphatic carbocycles. The predicted molar refractivity (Wildman–Crippen MR) is 107 cm³/mol. The molecule has 0 radical (unpaired) electrons. The van der Waals surface area contributed by atoms with Crippen LogP contribution < -0.4 is 0 Å². The molecule has 124 valence electrons. The summed E-state index contributed by atoms with van der Waals surface area (Å²) in [5.41, 5.74) is 4.19. The molecule has 0 bridgehead atoms. The zero-order chi connectivity index (χ0) is 17.1. The number of quaternary nitrogens is 1. The predicted octanol–water partition coefficient (Wildman–Crippen LogP) is 5.78. The lowest BCUT2D eigenvalue weighted by molar-refractivity contribution is -0.926. The number of benzene rings is 2. The highest BCUT2D eigenvalue weighted by Crippen LogP contribution is 2.22. The summed E-state index contributed by atoms with van der Waals surface area (Å²) in [5, 5.41) is 0. The Balaban J connectivity index is 2.23. The molecule has 0 amide bonds. The molecule has 2 aromatic carbocycles. The quantitative estimate of drug-likeness (QED) is 0.432. The Morgan fingerprint density at radius 1 is 0.826 bits per heavy atom. The average molecular weight is 391 g/mol. The molecule has 0 aliphatic heterocycles. The first-order valence-corrected chi connectivity index (χ1v) is 12.8. The third-order valence-corrected chi connectivity index (χ3v) is 6.26. The summed E-state index contributed by atoms with van der Waals surface area (Å²) in [6.07, 6.45) is 1.29. The van der Waals surface area contributed by atoms with Gasteiger partial charge in [0.25, 0.3) is 0 Å². The molecule has 1 unspecified atom stereocenters. The minimum absolute atomic E-state index is 1.08. The van der Waals surface area contributed by atoms with Gasteiger partial charge >= 0.3 is 0 Å². The fraction of sp³-hybridized carbons (Fsp3) is 0.400. The topological polar surface area (TPSA) is 0 Å². The Hall–Kier alpha value is -0.903. The molecular weight excluding hydrogens is 362 g/mol. The van der Waals surface area contributed by atoms with Crippen molar-refractivity contribution in [2.75, 3.05) is 13.2 Å². The molecule has 0 fully saturated rings. The average Bonchev–Trinajstić information content (AvgIpc) is 2.42. The molecule has 3 heteroatoms. The van der Waals surface area contributed by atoms with Crippen LogP contribution in [0, 0.1) is 6.92 Å². The molecule has 2 aromatic rings. The van der Waals surface area contributed by atoms with Gasteiger partial charge in [-0.15, -0.1) is 0 Å². The molecule has 2 rings (SSSR count). The fourth-order valence-corrected chi connectivity index (χ4v) is 6.26. The highest BCUT2D eigenvalue weighted by molar-refractivity contribution is 9.10. The van der Waals surface area contributed by atoms with Crippen LogP contribution in [0.15, 0.2) is 53.0 Å². The van der Waals surface area contributed by atoms with Crippen molar-refractivity contribution in [3.05, 3.63) is 69.7 Å². The van der Waals surface area contributed by atoms with Crippen molar-refractivity contribution in [2.45, 2.75) is 39.7 Å². The lowest BCUT2D eigenvalue weighted by Crippen LogP contribution is -2.52. The zero-order valence-corrected chi connectivity index (χ0v) is 17.7. The maximum absolute atomic E-state index is 3.54. The summed E-state index contributed by atoms with van der Waals surface area (Å²) in [4.78, 5) is 0. The van der Waals surface area contributed by atoms with Crippen molar-refractivity contribution in [1.82, 2.24) is 0 Å². The normalized spacial score (nSPS) is 14.5. The van der Waals surface area contributed by atoms with Gasteiger partial charge in [0, 0.05) is 15.6 Å². The Bertz CT molecular complexity index is 579. The summed E-state index contributed by atoms with van der Waals surface area (Å²) in [6.45, 7) is 11.8. The minimum Gasteiger partial charge on any atom is -0.322 e. The second-order valence-corrected chi connectivity index (χ2v) is 14.6. The van der Waals surface area contributed by atoms with E-state index >= 15 is 0 Å². The molecule has 0 spiro atoms. The first-order valence-electron chi connectivity index (χ1n) is 8.29. The van der Waals surface area contributed by atoms with Crippen molar-refractivity contribution < 1.29 is 4.48 Å². The van der Waals surface area contributed by atoms with Crippen molar-refractivity contribution >= 4 is 24.0 Å². The number of hydrogen-bond donors (Lipinski definition) is 0. The van der Waals surface area contributed by atoms with Crippen molar-refractivity contribution in [1.29, 1.82) is 0 Å². The molecule has 0 aromatic heterocycles. The molecule has 0 N–H and O–H groups in total. The van der Waals surface area contributed by atoms with E-state index in [0.29, 0.717) is 0 Å². The lowest BCUT2D eigenvalue weighted by atomic mass is 10.1. The summed E-state index contributed by atoms with van der Waals surface area (Å²) in [6, 6.07) is 17.8. The Kier molecular flexibility index (Phi) is 5.87. The van der Waals surface area contributed by atoms with Crippen LogP contribution in [0.4, 0.5) is 0 Å². The number of rotatable bonds is 6. The van der Waals surface area contributed by atoms with Crippen molar-refractivity contribution in [2.24, 2.45) is 0 Å². The van der Waals surface area contributed by atoms with Crippen LogP contribution in [0.2, 0.25) is 19.6 Å². The van der Waals surface area contributed by atoms with Crippen LogP contribution in [0.5, 0.6) is 0 Å². The zero-order valence-electron chi connectivity index (χ0n) is 15.1. The van der Waals surface area contributed by atoms with Gasteiger partial charge in [-0.25, -0.2) is 0 Å². The lowest BCUT2D eigenvalue weighted by Gasteiger charge is -2.39. The van der Waals surface area contributed by atoms with Gasteiger partial charge in [0.1, 0.15) is 21.2 Å². The van der Waals surface area contributed by atoms with Gasteiger partial charge < -0.3 is 4.48 Å². The SMILES string of the molecule is Cc1ccc(C[N+](C)(Cc2ccc(Br)cc2)C[Si](C)(C)C)cc1. The van der Waals surface area contributed by atoms with Crippen LogP contribution in [-0.2, 0) is 13.1 Å². The second-order valence-electron chi connectivity index (χ2n) is 8.27. The number of aryl methyl sites for hydroxylation is 1. The van der Waals surface area contributed by atoms with E-state index in [9.17, 15) is 0 Å². The van der Waals surface area contributed by atoms with Gasteiger partial charge in [0.2, 0.25) is 0 Å². The van der Waals surface area contributed by atoms with Crippen LogP contribution in [0.3, 0.4) is 0 Å². The molecule has 1 atom stereocenters. The van der Waals surface area contributed by atoms with Crippen molar-refractivity contribution in [3.8, 4) is 0 Å².